The molecule has 1 aliphatic rings. The Kier molecular flexibility index (Phi) is 2.36. The van der Waals surface area contributed by atoms with Crippen molar-refractivity contribution in [1.29, 1.82) is 0 Å². The minimum Gasteiger partial charge on any atom is -0.313 e. The zero-order valence-corrected chi connectivity index (χ0v) is 8.48. The fraction of sp³-hybridized carbons (Fsp3) is 0.500. The summed E-state index contributed by atoms with van der Waals surface area (Å²) >= 11 is 0. The first-order valence-corrected chi connectivity index (χ1v) is 5.07. The lowest BCUT2D eigenvalue weighted by Gasteiger charge is -2.11. The van der Waals surface area contributed by atoms with Crippen LogP contribution in [0.5, 0.6) is 0 Å². The predicted molar refractivity (Wildman–Crippen MR) is 55.9 cm³/mol. The van der Waals surface area contributed by atoms with E-state index in [9.17, 15) is 0 Å². The molecule has 2 rings (SSSR count). The summed E-state index contributed by atoms with van der Waals surface area (Å²) in [5, 5.41) is 3.47. The van der Waals surface area contributed by atoms with Crippen molar-refractivity contribution in [2.24, 2.45) is 0 Å². The Balaban J connectivity index is 2.50. The zero-order valence-electron chi connectivity index (χ0n) is 8.48. The highest BCUT2D eigenvalue weighted by Crippen LogP contribution is 2.21. The highest BCUT2D eigenvalue weighted by Gasteiger charge is 2.11. The molecule has 1 aliphatic heterocycles. The van der Waals surface area contributed by atoms with Gasteiger partial charge in [0.1, 0.15) is 0 Å². The molecule has 0 atom stereocenters. The number of aryl methyl sites for hydroxylation is 2. The lowest BCUT2D eigenvalue weighted by molar-refractivity contribution is 0.679. The Morgan fingerprint density at radius 2 is 1.77 bits per heavy atom. The van der Waals surface area contributed by atoms with Gasteiger partial charge in [-0.05, 0) is 55.5 Å². The summed E-state index contributed by atoms with van der Waals surface area (Å²) in [6.07, 6.45) is 2.52. The first-order valence-electron chi connectivity index (χ1n) is 5.07. The van der Waals surface area contributed by atoms with Crippen molar-refractivity contribution >= 4 is 0 Å². The molecule has 0 aromatic heterocycles. The van der Waals surface area contributed by atoms with E-state index in [-0.39, 0.29) is 0 Å². The van der Waals surface area contributed by atoms with Crippen LogP contribution in [-0.4, -0.2) is 6.54 Å². The molecular formula is C12H17N. The van der Waals surface area contributed by atoms with Crippen LogP contribution in [0.2, 0.25) is 0 Å². The third-order valence-electron chi connectivity index (χ3n) is 2.98. The van der Waals surface area contributed by atoms with Crippen molar-refractivity contribution in [3.63, 3.8) is 0 Å². The van der Waals surface area contributed by atoms with Crippen LogP contribution in [0.25, 0.3) is 0 Å². The molecule has 70 valence electrons. The predicted octanol–water partition coefficient (Wildman–Crippen LogP) is 2.34. The number of hydrogen-bond acceptors (Lipinski definition) is 1. The molecule has 1 aromatic rings. The van der Waals surface area contributed by atoms with Crippen molar-refractivity contribution in [1.82, 2.24) is 5.32 Å². The van der Waals surface area contributed by atoms with Gasteiger partial charge in [-0.25, -0.2) is 0 Å². The van der Waals surface area contributed by atoms with Crippen LogP contribution in [0.3, 0.4) is 0 Å². The van der Waals surface area contributed by atoms with Crippen LogP contribution < -0.4 is 5.32 Å². The second-order valence-corrected chi connectivity index (χ2v) is 3.94. The van der Waals surface area contributed by atoms with Gasteiger partial charge in [-0.3, -0.25) is 0 Å². The lowest BCUT2D eigenvalue weighted by Crippen LogP contribution is -2.12. The summed E-state index contributed by atoms with van der Waals surface area (Å²) < 4.78 is 0. The van der Waals surface area contributed by atoms with Gasteiger partial charge in [-0.1, -0.05) is 12.1 Å². The summed E-state index contributed by atoms with van der Waals surface area (Å²) in [5.41, 5.74) is 6.03. The molecule has 1 heteroatoms. The number of hydrogen-bond donors (Lipinski definition) is 1. The minimum absolute atomic E-state index is 1.06. The molecule has 1 N–H and O–H groups in total. The fourth-order valence-corrected chi connectivity index (χ4v) is 2.12. The standard InChI is InChI=1S/C12H17N/c1-9-5-6-10(2)12-8-13-7-3-4-11(9)12/h5-6,13H,3-4,7-8H2,1-2H3. The Morgan fingerprint density at radius 1 is 1.08 bits per heavy atom. The molecule has 0 saturated heterocycles. The van der Waals surface area contributed by atoms with Gasteiger partial charge in [0.15, 0.2) is 0 Å². The summed E-state index contributed by atoms with van der Waals surface area (Å²) in [6.45, 7) is 6.66. The molecule has 0 unspecified atom stereocenters. The average Bonchev–Trinajstić information content (AvgIpc) is 2.37. The smallest absolute Gasteiger partial charge is 0.0210 e. The summed E-state index contributed by atoms with van der Waals surface area (Å²) in [4.78, 5) is 0. The first kappa shape index (κ1) is 8.76. The number of benzene rings is 1. The van der Waals surface area contributed by atoms with Gasteiger partial charge in [0.2, 0.25) is 0 Å². The average molecular weight is 175 g/mol. The molecule has 13 heavy (non-hydrogen) atoms. The monoisotopic (exact) mass is 175 g/mol. The lowest BCUT2D eigenvalue weighted by atomic mass is 9.95. The molecular weight excluding hydrogens is 158 g/mol. The highest BCUT2D eigenvalue weighted by atomic mass is 14.8. The largest absolute Gasteiger partial charge is 0.313 e. The highest BCUT2D eigenvalue weighted by molar-refractivity contribution is 5.40. The van der Waals surface area contributed by atoms with Crippen LogP contribution in [0.4, 0.5) is 0 Å². The van der Waals surface area contributed by atoms with Gasteiger partial charge < -0.3 is 5.32 Å². The number of fused-ring (bicyclic) bond motifs is 1. The Labute approximate surface area is 80.2 Å². The van der Waals surface area contributed by atoms with Crippen molar-refractivity contribution < 1.29 is 0 Å². The topological polar surface area (TPSA) is 12.0 Å². The van der Waals surface area contributed by atoms with Crippen LogP contribution in [0.1, 0.15) is 28.7 Å². The molecule has 0 fully saturated rings. The SMILES string of the molecule is Cc1ccc(C)c2c1CCCNC2. The van der Waals surface area contributed by atoms with Crippen molar-refractivity contribution in [3.8, 4) is 0 Å². The van der Waals surface area contributed by atoms with Crippen LogP contribution in [0.15, 0.2) is 12.1 Å². The van der Waals surface area contributed by atoms with Gasteiger partial charge in [0, 0.05) is 6.54 Å². The van der Waals surface area contributed by atoms with E-state index in [1.165, 1.54) is 29.5 Å². The molecule has 1 aromatic carbocycles. The molecule has 0 radical (unpaired) electrons. The molecule has 0 aliphatic carbocycles. The van der Waals surface area contributed by atoms with Crippen LogP contribution >= 0.6 is 0 Å². The number of rotatable bonds is 0. The van der Waals surface area contributed by atoms with Gasteiger partial charge in [0.05, 0.1) is 0 Å². The Morgan fingerprint density at radius 3 is 2.54 bits per heavy atom. The first-order chi connectivity index (χ1) is 6.29. The second-order valence-electron chi connectivity index (χ2n) is 3.94. The van der Waals surface area contributed by atoms with E-state index in [2.05, 4.69) is 31.3 Å². The Hall–Kier alpha value is -0.820. The van der Waals surface area contributed by atoms with Gasteiger partial charge in [-0.15, -0.1) is 0 Å². The fourth-order valence-electron chi connectivity index (χ4n) is 2.12. The third-order valence-corrected chi connectivity index (χ3v) is 2.98. The summed E-state index contributed by atoms with van der Waals surface area (Å²) in [7, 11) is 0. The maximum Gasteiger partial charge on any atom is 0.0210 e. The van der Waals surface area contributed by atoms with E-state index in [1.54, 1.807) is 5.56 Å². The normalized spacial score (nSPS) is 16.5. The van der Waals surface area contributed by atoms with Crippen LogP contribution in [-0.2, 0) is 13.0 Å². The van der Waals surface area contributed by atoms with E-state index < -0.39 is 0 Å². The molecule has 0 bridgehead atoms. The quantitative estimate of drug-likeness (QED) is 0.638. The zero-order chi connectivity index (χ0) is 9.26. The summed E-state index contributed by atoms with van der Waals surface area (Å²) in [6, 6.07) is 4.49. The Bertz CT molecular complexity index is 284. The molecule has 0 saturated carbocycles. The minimum atomic E-state index is 1.06. The van der Waals surface area contributed by atoms with Crippen molar-refractivity contribution in [2.45, 2.75) is 33.2 Å². The van der Waals surface area contributed by atoms with E-state index in [4.69, 9.17) is 0 Å². The summed E-state index contributed by atoms with van der Waals surface area (Å²) in [5.74, 6) is 0. The van der Waals surface area contributed by atoms with E-state index in [0.29, 0.717) is 0 Å². The van der Waals surface area contributed by atoms with Gasteiger partial charge in [0.25, 0.3) is 0 Å². The molecule has 1 nitrogen and oxygen atoms in total. The van der Waals surface area contributed by atoms with Gasteiger partial charge in [-0.2, -0.15) is 0 Å². The van der Waals surface area contributed by atoms with E-state index in [1.807, 2.05) is 0 Å². The van der Waals surface area contributed by atoms with E-state index >= 15 is 0 Å². The van der Waals surface area contributed by atoms with Crippen molar-refractivity contribution in [3.05, 3.63) is 34.4 Å². The number of nitrogens with one attached hydrogen (secondary N) is 1. The van der Waals surface area contributed by atoms with Crippen LogP contribution in [0, 0.1) is 13.8 Å². The van der Waals surface area contributed by atoms with Crippen molar-refractivity contribution in [2.75, 3.05) is 6.54 Å². The van der Waals surface area contributed by atoms with E-state index in [0.717, 1.165) is 13.1 Å². The molecule has 1 heterocycles. The maximum absolute atomic E-state index is 3.47. The maximum atomic E-state index is 3.47. The second kappa shape index (κ2) is 3.51. The van der Waals surface area contributed by atoms with Gasteiger partial charge >= 0.3 is 0 Å². The molecule has 0 amide bonds. The molecule has 0 spiro atoms. The third kappa shape index (κ3) is 1.61.